The molecule has 0 bridgehead atoms. The van der Waals surface area contributed by atoms with Crippen LogP contribution in [0.1, 0.15) is 25.1 Å². The molecule has 0 radical (unpaired) electrons. The van der Waals surface area contributed by atoms with Crippen LogP contribution in [-0.2, 0) is 4.74 Å². The highest BCUT2D eigenvalue weighted by Gasteiger charge is 2.18. The van der Waals surface area contributed by atoms with Crippen molar-refractivity contribution in [3.05, 3.63) is 35.0 Å². The van der Waals surface area contributed by atoms with Gasteiger partial charge >= 0.3 is 0 Å². The lowest BCUT2D eigenvalue weighted by Crippen LogP contribution is -2.30. The molecule has 0 fully saturated rings. The molecule has 1 aromatic carbocycles. The van der Waals surface area contributed by atoms with Crippen LogP contribution >= 0.6 is 11.6 Å². The smallest absolute Gasteiger partial charge is 0.134 e. The summed E-state index contributed by atoms with van der Waals surface area (Å²) in [6.07, 6.45) is 0.837. The number of hydrogen-bond acceptors (Lipinski definition) is 4. The Labute approximate surface area is 111 Å². The predicted octanol–water partition coefficient (Wildman–Crippen LogP) is 3.02. The molecule has 1 heterocycles. The first kappa shape index (κ1) is 13.4. The summed E-state index contributed by atoms with van der Waals surface area (Å²) in [6, 6.07) is 7.41. The van der Waals surface area contributed by atoms with Crippen molar-refractivity contribution in [2.45, 2.75) is 25.5 Å². The quantitative estimate of drug-likeness (QED) is 0.646. The van der Waals surface area contributed by atoms with Gasteiger partial charge in [0.15, 0.2) is 0 Å². The predicted molar refractivity (Wildman–Crippen MR) is 72.4 cm³/mol. The number of methoxy groups -OCH3 is 1. The number of hydrogen-bond donors (Lipinski definition) is 2. The fraction of sp³-hybridized carbons (Fsp3) is 0.385. The van der Waals surface area contributed by atoms with Crippen molar-refractivity contribution in [2.75, 3.05) is 7.11 Å². The van der Waals surface area contributed by atoms with E-state index in [1.165, 1.54) is 0 Å². The van der Waals surface area contributed by atoms with Crippen molar-refractivity contribution in [1.82, 2.24) is 5.43 Å². The Kier molecular flexibility index (Phi) is 4.24. The Balaban J connectivity index is 2.28. The topological polar surface area (TPSA) is 60.4 Å². The van der Waals surface area contributed by atoms with E-state index in [-0.39, 0.29) is 12.1 Å². The second-order valence-corrected chi connectivity index (χ2v) is 4.77. The number of hydrazine groups is 1. The van der Waals surface area contributed by atoms with Gasteiger partial charge < -0.3 is 9.15 Å². The average molecular weight is 269 g/mol. The average Bonchev–Trinajstić information content (AvgIpc) is 2.78. The highest BCUT2D eigenvalue weighted by atomic mass is 35.5. The summed E-state index contributed by atoms with van der Waals surface area (Å²) in [5.74, 6) is 6.36. The van der Waals surface area contributed by atoms with Crippen molar-refractivity contribution in [3.63, 3.8) is 0 Å². The zero-order valence-electron chi connectivity index (χ0n) is 10.4. The molecule has 0 aliphatic rings. The lowest BCUT2D eigenvalue weighted by Gasteiger charge is -2.17. The van der Waals surface area contributed by atoms with Gasteiger partial charge in [-0.1, -0.05) is 11.6 Å². The molecule has 0 spiro atoms. The number of rotatable bonds is 5. The number of fused-ring (bicyclic) bond motifs is 1. The Morgan fingerprint density at radius 2 is 2.22 bits per heavy atom. The van der Waals surface area contributed by atoms with E-state index in [0.29, 0.717) is 5.02 Å². The van der Waals surface area contributed by atoms with Gasteiger partial charge in [0.1, 0.15) is 11.3 Å². The molecule has 0 amide bonds. The minimum atomic E-state index is -0.0777. The molecule has 0 saturated heterocycles. The molecule has 1 aromatic heterocycles. The van der Waals surface area contributed by atoms with Crippen molar-refractivity contribution < 1.29 is 9.15 Å². The monoisotopic (exact) mass is 268 g/mol. The van der Waals surface area contributed by atoms with Gasteiger partial charge in [-0.15, -0.1) is 0 Å². The van der Waals surface area contributed by atoms with E-state index in [2.05, 4.69) is 5.43 Å². The third-order valence-electron chi connectivity index (χ3n) is 3.01. The normalized spacial score (nSPS) is 14.9. The molecule has 2 rings (SSSR count). The number of nitrogens with one attached hydrogen (secondary N) is 1. The van der Waals surface area contributed by atoms with Crippen molar-refractivity contribution in [3.8, 4) is 0 Å². The zero-order valence-corrected chi connectivity index (χ0v) is 11.2. The van der Waals surface area contributed by atoms with Gasteiger partial charge in [0.2, 0.25) is 0 Å². The minimum absolute atomic E-state index is 0.0777. The van der Waals surface area contributed by atoms with Crippen LogP contribution in [0.5, 0.6) is 0 Å². The van der Waals surface area contributed by atoms with E-state index >= 15 is 0 Å². The highest BCUT2D eigenvalue weighted by Crippen LogP contribution is 2.28. The number of ether oxygens (including phenoxy) is 1. The zero-order chi connectivity index (χ0) is 13.1. The fourth-order valence-electron chi connectivity index (χ4n) is 1.90. The molecule has 98 valence electrons. The van der Waals surface area contributed by atoms with Crippen LogP contribution in [0.3, 0.4) is 0 Å². The molecule has 2 atom stereocenters. The molecule has 2 unspecified atom stereocenters. The van der Waals surface area contributed by atoms with Crippen molar-refractivity contribution in [1.29, 1.82) is 0 Å². The van der Waals surface area contributed by atoms with Crippen molar-refractivity contribution >= 4 is 22.6 Å². The van der Waals surface area contributed by atoms with E-state index < -0.39 is 0 Å². The first-order valence-electron chi connectivity index (χ1n) is 5.82. The van der Waals surface area contributed by atoms with Crippen LogP contribution in [0, 0.1) is 0 Å². The number of benzene rings is 1. The van der Waals surface area contributed by atoms with Gasteiger partial charge in [-0.2, -0.15) is 0 Å². The van der Waals surface area contributed by atoms with Gasteiger partial charge in [0, 0.05) is 17.5 Å². The van der Waals surface area contributed by atoms with Gasteiger partial charge in [-0.05, 0) is 37.6 Å². The largest absolute Gasteiger partial charge is 0.459 e. The lowest BCUT2D eigenvalue weighted by molar-refractivity contribution is 0.0978. The SMILES string of the molecule is COC(C)CC(NN)c1cc2cc(Cl)ccc2o1. The fourth-order valence-corrected chi connectivity index (χ4v) is 2.08. The van der Waals surface area contributed by atoms with Gasteiger partial charge in [-0.25, -0.2) is 5.43 Å². The first-order valence-corrected chi connectivity index (χ1v) is 6.19. The molecular formula is C13H17ClN2O2. The van der Waals surface area contributed by atoms with Gasteiger partial charge in [-0.3, -0.25) is 5.84 Å². The summed E-state index contributed by atoms with van der Waals surface area (Å²) in [7, 11) is 1.68. The minimum Gasteiger partial charge on any atom is -0.459 e. The Hall–Kier alpha value is -1.07. The third-order valence-corrected chi connectivity index (χ3v) is 3.25. The molecule has 0 aliphatic heterocycles. The standard InChI is InChI=1S/C13H17ClN2O2/c1-8(17-2)5-11(16-15)13-7-9-6-10(14)3-4-12(9)18-13/h3-4,6-8,11,16H,5,15H2,1-2H3. The number of halogens is 1. The van der Waals surface area contributed by atoms with E-state index in [0.717, 1.165) is 23.2 Å². The summed E-state index contributed by atoms with van der Waals surface area (Å²) in [5, 5.41) is 1.67. The Morgan fingerprint density at radius 1 is 1.44 bits per heavy atom. The molecule has 18 heavy (non-hydrogen) atoms. The van der Waals surface area contributed by atoms with Crippen LogP contribution in [0.25, 0.3) is 11.0 Å². The Bertz CT molecular complexity index is 527. The highest BCUT2D eigenvalue weighted by molar-refractivity contribution is 6.31. The van der Waals surface area contributed by atoms with Gasteiger partial charge in [0.25, 0.3) is 0 Å². The van der Waals surface area contributed by atoms with Gasteiger partial charge in [0.05, 0.1) is 12.1 Å². The van der Waals surface area contributed by atoms with E-state index in [4.69, 9.17) is 26.6 Å². The molecule has 2 aromatic rings. The lowest BCUT2D eigenvalue weighted by atomic mass is 10.1. The summed E-state index contributed by atoms with van der Waals surface area (Å²) in [5.41, 5.74) is 3.56. The van der Waals surface area contributed by atoms with E-state index in [1.807, 2.05) is 25.1 Å². The molecule has 4 nitrogen and oxygen atoms in total. The summed E-state index contributed by atoms with van der Waals surface area (Å²) < 4.78 is 11.0. The second kappa shape index (κ2) is 5.71. The van der Waals surface area contributed by atoms with E-state index in [1.54, 1.807) is 13.2 Å². The number of furan rings is 1. The second-order valence-electron chi connectivity index (χ2n) is 4.33. The maximum atomic E-state index is 5.95. The molecule has 5 heteroatoms. The van der Waals surface area contributed by atoms with Crippen LogP contribution < -0.4 is 11.3 Å². The van der Waals surface area contributed by atoms with Crippen LogP contribution in [0.15, 0.2) is 28.7 Å². The summed E-state index contributed by atoms with van der Waals surface area (Å²) in [4.78, 5) is 0. The molecule has 0 aliphatic carbocycles. The molecule has 3 N–H and O–H groups in total. The summed E-state index contributed by atoms with van der Waals surface area (Å²) >= 11 is 5.95. The Morgan fingerprint density at radius 3 is 2.89 bits per heavy atom. The maximum Gasteiger partial charge on any atom is 0.134 e. The molecular weight excluding hydrogens is 252 g/mol. The maximum absolute atomic E-state index is 5.95. The van der Waals surface area contributed by atoms with Crippen LogP contribution in [0.4, 0.5) is 0 Å². The first-order chi connectivity index (χ1) is 8.63. The van der Waals surface area contributed by atoms with Crippen molar-refractivity contribution in [2.24, 2.45) is 5.84 Å². The van der Waals surface area contributed by atoms with E-state index in [9.17, 15) is 0 Å². The van der Waals surface area contributed by atoms with Crippen LogP contribution in [0.2, 0.25) is 5.02 Å². The molecule has 0 saturated carbocycles. The summed E-state index contributed by atoms with van der Waals surface area (Å²) in [6.45, 7) is 1.99. The van der Waals surface area contributed by atoms with Crippen LogP contribution in [-0.4, -0.2) is 13.2 Å². The third kappa shape index (κ3) is 2.84. The number of nitrogens with two attached hydrogens (primary N) is 1.